The van der Waals surface area contributed by atoms with Crippen molar-refractivity contribution < 1.29 is 14.3 Å². The van der Waals surface area contributed by atoms with Gasteiger partial charge in [-0.05, 0) is 33.1 Å². The SMILES string of the molecule is CN(CC1CCC(=O)C1)C(=O)OC(C)(C)C. The van der Waals surface area contributed by atoms with Crippen molar-refractivity contribution in [1.29, 1.82) is 0 Å². The zero-order valence-corrected chi connectivity index (χ0v) is 10.6. The van der Waals surface area contributed by atoms with Crippen LogP contribution in [0.15, 0.2) is 0 Å². The normalized spacial score (nSPS) is 21.0. The van der Waals surface area contributed by atoms with Crippen LogP contribution in [-0.2, 0) is 9.53 Å². The van der Waals surface area contributed by atoms with Crippen LogP contribution < -0.4 is 0 Å². The molecule has 0 aliphatic heterocycles. The maximum atomic E-state index is 11.6. The van der Waals surface area contributed by atoms with Crippen LogP contribution in [0.3, 0.4) is 0 Å². The minimum absolute atomic E-state index is 0.308. The predicted molar refractivity (Wildman–Crippen MR) is 61.2 cm³/mol. The third kappa shape index (κ3) is 4.21. The molecule has 0 aromatic rings. The third-order valence-corrected chi connectivity index (χ3v) is 2.59. The van der Waals surface area contributed by atoms with Crippen LogP contribution in [-0.4, -0.2) is 36.0 Å². The van der Waals surface area contributed by atoms with Crippen molar-refractivity contribution in [3.63, 3.8) is 0 Å². The van der Waals surface area contributed by atoms with Gasteiger partial charge in [0, 0.05) is 26.4 Å². The second-order valence-corrected chi connectivity index (χ2v) is 5.51. The van der Waals surface area contributed by atoms with Gasteiger partial charge in [-0.3, -0.25) is 4.79 Å². The molecule has 0 radical (unpaired) electrons. The van der Waals surface area contributed by atoms with Crippen LogP contribution >= 0.6 is 0 Å². The second-order valence-electron chi connectivity index (χ2n) is 5.51. The fourth-order valence-electron chi connectivity index (χ4n) is 1.85. The average Bonchev–Trinajstić information content (AvgIpc) is 2.48. The molecule has 1 aliphatic carbocycles. The number of hydrogen-bond donors (Lipinski definition) is 0. The lowest BCUT2D eigenvalue weighted by atomic mass is 10.1. The molecule has 92 valence electrons. The van der Waals surface area contributed by atoms with E-state index in [9.17, 15) is 9.59 Å². The molecule has 1 atom stereocenters. The van der Waals surface area contributed by atoms with Crippen LogP contribution in [0.4, 0.5) is 4.79 Å². The first-order valence-corrected chi connectivity index (χ1v) is 5.74. The number of ketones is 1. The number of amides is 1. The van der Waals surface area contributed by atoms with Crippen LogP contribution in [0, 0.1) is 5.92 Å². The molecule has 0 saturated heterocycles. The largest absolute Gasteiger partial charge is 0.444 e. The van der Waals surface area contributed by atoms with Crippen molar-refractivity contribution in [3.8, 4) is 0 Å². The summed E-state index contributed by atoms with van der Waals surface area (Å²) in [5, 5.41) is 0. The Morgan fingerprint density at radius 3 is 2.56 bits per heavy atom. The molecule has 1 fully saturated rings. The molecular weight excluding hydrogens is 206 g/mol. The van der Waals surface area contributed by atoms with Crippen LogP contribution in [0.25, 0.3) is 0 Å². The first-order valence-electron chi connectivity index (χ1n) is 5.74. The second kappa shape index (κ2) is 4.85. The maximum absolute atomic E-state index is 11.6. The van der Waals surface area contributed by atoms with Crippen molar-refractivity contribution in [2.75, 3.05) is 13.6 Å². The monoisotopic (exact) mass is 227 g/mol. The Balaban J connectivity index is 2.37. The fraction of sp³-hybridized carbons (Fsp3) is 0.833. The minimum Gasteiger partial charge on any atom is -0.444 e. The lowest BCUT2D eigenvalue weighted by Crippen LogP contribution is -2.36. The van der Waals surface area contributed by atoms with Crippen molar-refractivity contribution >= 4 is 11.9 Å². The minimum atomic E-state index is -0.461. The summed E-state index contributed by atoms with van der Waals surface area (Å²) < 4.78 is 5.24. The first kappa shape index (κ1) is 13.0. The van der Waals surface area contributed by atoms with Gasteiger partial charge in [-0.1, -0.05) is 0 Å². The standard InChI is InChI=1S/C12H21NO3/c1-12(2,3)16-11(15)13(4)8-9-5-6-10(14)7-9/h9H,5-8H2,1-4H3. The Bertz CT molecular complexity index is 280. The van der Waals surface area contributed by atoms with Crippen LogP contribution in [0.5, 0.6) is 0 Å². The summed E-state index contributed by atoms with van der Waals surface area (Å²) in [4.78, 5) is 24.3. The van der Waals surface area contributed by atoms with E-state index in [-0.39, 0.29) is 6.09 Å². The molecule has 1 rings (SSSR count). The number of ether oxygens (including phenoxy) is 1. The number of Topliss-reactive ketones (excluding diaryl/α,β-unsaturated/α-hetero) is 1. The number of hydrogen-bond acceptors (Lipinski definition) is 3. The third-order valence-electron chi connectivity index (χ3n) is 2.59. The first-order chi connectivity index (χ1) is 7.28. The van der Waals surface area contributed by atoms with E-state index in [1.807, 2.05) is 20.8 Å². The predicted octanol–water partition coefficient (Wildman–Crippen LogP) is 2.22. The zero-order valence-electron chi connectivity index (χ0n) is 10.6. The summed E-state index contributed by atoms with van der Waals surface area (Å²) in [5.41, 5.74) is -0.461. The molecule has 0 heterocycles. The van der Waals surface area contributed by atoms with E-state index in [2.05, 4.69) is 0 Å². The van der Waals surface area contributed by atoms with Gasteiger partial charge >= 0.3 is 6.09 Å². The molecule has 0 aromatic heterocycles. The van der Waals surface area contributed by atoms with E-state index in [0.29, 0.717) is 31.1 Å². The molecule has 1 saturated carbocycles. The molecule has 1 aliphatic rings. The summed E-state index contributed by atoms with van der Waals surface area (Å²) in [6.07, 6.45) is 1.85. The van der Waals surface area contributed by atoms with Gasteiger partial charge in [-0.2, -0.15) is 0 Å². The molecule has 4 heteroatoms. The van der Waals surface area contributed by atoms with Gasteiger partial charge in [0.25, 0.3) is 0 Å². The molecule has 0 bridgehead atoms. The molecule has 1 amide bonds. The van der Waals surface area contributed by atoms with Gasteiger partial charge in [0.1, 0.15) is 11.4 Å². The van der Waals surface area contributed by atoms with E-state index >= 15 is 0 Å². The van der Waals surface area contributed by atoms with Crippen molar-refractivity contribution in [1.82, 2.24) is 4.90 Å². The van der Waals surface area contributed by atoms with Crippen LogP contribution in [0.2, 0.25) is 0 Å². The Kier molecular flexibility index (Phi) is 3.94. The quantitative estimate of drug-likeness (QED) is 0.726. The van der Waals surface area contributed by atoms with E-state index in [1.165, 1.54) is 0 Å². The molecule has 0 spiro atoms. The van der Waals surface area contributed by atoms with Gasteiger partial charge in [0.2, 0.25) is 0 Å². The lowest BCUT2D eigenvalue weighted by molar-refractivity contribution is -0.117. The van der Waals surface area contributed by atoms with Crippen molar-refractivity contribution in [3.05, 3.63) is 0 Å². The highest BCUT2D eigenvalue weighted by Crippen LogP contribution is 2.23. The molecule has 4 nitrogen and oxygen atoms in total. The van der Waals surface area contributed by atoms with E-state index in [1.54, 1.807) is 11.9 Å². The Morgan fingerprint density at radius 1 is 1.50 bits per heavy atom. The highest BCUT2D eigenvalue weighted by Gasteiger charge is 2.26. The number of carbonyl (C=O) groups excluding carboxylic acids is 2. The number of carbonyl (C=O) groups is 2. The summed E-state index contributed by atoms with van der Waals surface area (Å²) in [5.74, 6) is 0.618. The Morgan fingerprint density at radius 2 is 2.12 bits per heavy atom. The maximum Gasteiger partial charge on any atom is 0.410 e. The smallest absolute Gasteiger partial charge is 0.410 e. The topological polar surface area (TPSA) is 46.6 Å². The Labute approximate surface area is 96.9 Å². The Hall–Kier alpha value is -1.06. The lowest BCUT2D eigenvalue weighted by Gasteiger charge is -2.26. The van der Waals surface area contributed by atoms with Gasteiger partial charge in [0.05, 0.1) is 0 Å². The molecule has 0 N–H and O–H groups in total. The average molecular weight is 227 g/mol. The van der Waals surface area contributed by atoms with Gasteiger partial charge < -0.3 is 9.64 Å². The van der Waals surface area contributed by atoms with E-state index in [0.717, 1.165) is 6.42 Å². The van der Waals surface area contributed by atoms with Crippen molar-refractivity contribution in [2.24, 2.45) is 5.92 Å². The number of nitrogens with zero attached hydrogens (tertiary/aromatic N) is 1. The molecule has 16 heavy (non-hydrogen) atoms. The highest BCUT2D eigenvalue weighted by atomic mass is 16.6. The van der Waals surface area contributed by atoms with E-state index < -0.39 is 5.60 Å². The zero-order chi connectivity index (χ0) is 12.3. The van der Waals surface area contributed by atoms with Gasteiger partial charge in [0.15, 0.2) is 0 Å². The van der Waals surface area contributed by atoms with Gasteiger partial charge in [-0.25, -0.2) is 4.79 Å². The van der Waals surface area contributed by atoms with Crippen molar-refractivity contribution in [2.45, 2.75) is 45.6 Å². The van der Waals surface area contributed by atoms with Gasteiger partial charge in [-0.15, -0.1) is 0 Å². The molecule has 0 aromatic carbocycles. The molecule has 1 unspecified atom stereocenters. The summed E-state index contributed by atoms with van der Waals surface area (Å²) in [6, 6.07) is 0. The fourth-order valence-corrected chi connectivity index (χ4v) is 1.85. The van der Waals surface area contributed by atoms with Crippen LogP contribution in [0.1, 0.15) is 40.0 Å². The summed E-state index contributed by atoms with van der Waals surface area (Å²) >= 11 is 0. The molecular formula is C12H21NO3. The number of rotatable bonds is 2. The van der Waals surface area contributed by atoms with E-state index in [4.69, 9.17) is 4.74 Å². The summed E-state index contributed by atoms with van der Waals surface area (Å²) in [6.45, 7) is 6.15. The highest BCUT2D eigenvalue weighted by molar-refractivity contribution is 5.80. The summed E-state index contributed by atoms with van der Waals surface area (Å²) in [7, 11) is 1.72.